The van der Waals surface area contributed by atoms with Gasteiger partial charge in [0.05, 0.1) is 0 Å². The van der Waals surface area contributed by atoms with Crippen molar-refractivity contribution in [2.75, 3.05) is 0 Å². The topological polar surface area (TPSA) is 286 Å². The maximum absolute atomic E-state index is 10.7. The van der Waals surface area contributed by atoms with Crippen LogP contribution >= 0.6 is 0 Å². The first-order valence-corrected chi connectivity index (χ1v) is 13.4. The van der Waals surface area contributed by atoms with Crippen LogP contribution in [-0.4, -0.2) is 92.4 Å². The second kappa shape index (κ2) is 16.4. The van der Waals surface area contributed by atoms with Gasteiger partial charge in [0, 0.05) is 0 Å². The summed E-state index contributed by atoms with van der Waals surface area (Å²) in [6.45, 7) is 0. The summed E-state index contributed by atoms with van der Waals surface area (Å²) in [5.41, 5.74) is -28.2. The third kappa shape index (κ3) is 27.8. The second-order valence-electron chi connectivity index (χ2n) is 4.50. The smallest absolute Gasteiger partial charge is 0.741 e. The van der Waals surface area contributed by atoms with Crippen LogP contribution in [0.1, 0.15) is 0 Å². The summed E-state index contributed by atoms with van der Waals surface area (Å²) in [5.74, 6) is 0. The van der Waals surface area contributed by atoms with E-state index in [1.54, 1.807) is 0 Å². The molecular weight excluding hydrogens is 926 g/mol. The van der Waals surface area contributed by atoms with Crippen molar-refractivity contribution in [2.45, 2.75) is 27.5 Å². The third-order valence-electron chi connectivity index (χ3n) is 1.42. The second-order valence-corrected chi connectivity index (χ2v) is 11.4. The van der Waals surface area contributed by atoms with Gasteiger partial charge in [0.1, 0.15) is 0 Å². The maximum atomic E-state index is 10.7. The Morgan fingerprint density at radius 2 is 0.293 bits per heavy atom. The molecule has 0 radical (unpaired) electrons. The van der Waals surface area contributed by atoms with Gasteiger partial charge in [-0.3, -0.25) is 0 Å². The molecule has 0 atom stereocenters. The first kappa shape index (κ1) is 52.9. The maximum Gasteiger partial charge on any atom is 5.00 e. The van der Waals surface area contributed by atoms with E-state index in [4.69, 9.17) is 64.9 Å². The first-order chi connectivity index (χ1) is 16.2. The van der Waals surface area contributed by atoms with E-state index in [2.05, 4.69) is 0 Å². The summed E-state index contributed by atoms with van der Waals surface area (Å²) < 4.78 is 295. The molecule has 0 aliphatic rings. The zero-order chi connectivity index (χ0) is 35.0. The monoisotopic (exact) mass is 926 g/mol. The Kier molecular flexibility index (Phi) is 21.1. The van der Waals surface area contributed by atoms with Gasteiger partial charge in [0.2, 0.25) is 0 Å². The van der Waals surface area contributed by atoms with Crippen LogP contribution in [0, 0.1) is 0 Å². The zero-order valence-corrected chi connectivity index (χ0v) is 24.1. The van der Waals surface area contributed by atoms with Crippen molar-refractivity contribution in [3.63, 3.8) is 0 Å². The number of hydrogen-bond acceptors (Lipinski definition) is 15. The largest absolute Gasteiger partial charge is 5.00 e. The number of alkyl halides is 15. The Balaban J connectivity index is -0.0000000928. The van der Waals surface area contributed by atoms with Crippen LogP contribution in [-0.2, 0) is 73.0 Å². The molecule has 0 aliphatic carbocycles. The van der Waals surface area contributed by atoms with Gasteiger partial charge >= 0.3 is 49.9 Å². The van der Waals surface area contributed by atoms with Gasteiger partial charge in [-0.25, -0.2) is 42.1 Å². The van der Waals surface area contributed by atoms with Gasteiger partial charge in [-0.15, -0.1) is 0 Å². The molecule has 0 aromatic heterocycles. The van der Waals surface area contributed by atoms with Crippen LogP contribution in [0.3, 0.4) is 0 Å². The molecule has 15 nitrogen and oxygen atoms in total. The molecule has 0 rings (SSSR count). The van der Waals surface area contributed by atoms with Gasteiger partial charge in [-0.1, -0.05) is 0 Å². The summed E-state index contributed by atoms with van der Waals surface area (Å²) in [5, 5.41) is 0. The zero-order valence-electron chi connectivity index (χ0n) is 16.8. The van der Waals surface area contributed by atoms with Gasteiger partial charge in [-0.05, 0) is 0 Å². The number of hydrogen-bond donors (Lipinski definition) is 0. The summed E-state index contributed by atoms with van der Waals surface area (Å²) in [7, 11) is -30.5. The average Bonchev–Trinajstić information content (AvgIpc) is 2.47. The van der Waals surface area contributed by atoms with E-state index in [1.807, 2.05) is 0 Å². The Labute approximate surface area is 230 Å². The van der Waals surface area contributed by atoms with Crippen LogP contribution in [0.5, 0.6) is 0 Å². The summed E-state index contributed by atoms with van der Waals surface area (Å²) >= 11 is 0. The fraction of sp³-hybridized carbons (Fsp3) is 1.00. The standard InChI is InChI=1S/5CHF3O3S.Ta/c5*2-1(3,4)8(5,6)7;/h5*(H,5,6,7);/q;;;;;+5/p-5. The van der Waals surface area contributed by atoms with Gasteiger partial charge in [0.15, 0.2) is 50.6 Å². The minimum atomic E-state index is -6.09. The van der Waals surface area contributed by atoms with Gasteiger partial charge < -0.3 is 22.8 Å². The van der Waals surface area contributed by atoms with E-state index >= 15 is 0 Å². The number of rotatable bonds is 0. The van der Waals surface area contributed by atoms with Crippen molar-refractivity contribution in [3.05, 3.63) is 0 Å². The van der Waals surface area contributed by atoms with Gasteiger partial charge in [0.25, 0.3) is 0 Å². The molecule has 0 bridgehead atoms. The van der Waals surface area contributed by atoms with Gasteiger partial charge in [-0.2, -0.15) is 65.9 Å². The predicted molar refractivity (Wildman–Crippen MR) is 78.8 cm³/mol. The van der Waals surface area contributed by atoms with Crippen LogP contribution in [0.2, 0.25) is 0 Å². The molecule has 0 spiro atoms. The number of halogens is 15. The molecular formula is C5F15O15S5Ta. The summed E-state index contributed by atoms with van der Waals surface area (Å²) in [4.78, 5) is 0. The fourth-order valence-electron chi connectivity index (χ4n) is 0. The van der Waals surface area contributed by atoms with E-state index in [1.165, 1.54) is 0 Å². The minimum absolute atomic E-state index is 0. The van der Waals surface area contributed by atoms with Crippen molar-refractivity contribution in [3.8, 4) is 0 Å². The molecule has 0 saturated carbocycles. The fourth-order valence-corrected chi connectivity index (χ4v) is 0. The summed E-state index contributed by atoms with van der Waals surface area (Å²) in [6.07, 6.45) is 0. The van der Waals surface area contributed by atoms with Crippen LogP contribution in [0.4, 0.5) is 65.9 Å². The van der Waals surface area contributed by atoms with Crippen LogP contribution in [0.15, 0.2) is 0 Å². The molecule has 0 amide bonds. The predicted octanol–water partition coefficient (Wildman–Crippen LogP) is 0.255. The van der Waals surface area contributed by atoms with E-state index < -0.39 is 78.1 Å². The van der Waals surface area contributed by atoms with Crippen molar-refractivity contribution < 1.29 is 153 Å². The normalized spacial score (nSPS) is 13.7. The molecule has 41 heavy (non-hydrogen) atoms. The first-order valence-electron chi connectivity index (χ1n) is 6.36. The van der Waals surface area contributed by atoms with Crippen molar-refractivity contribution >= 4 is 50.6 Å². The van der Waals surface area contributed by atoms with Crippen LogP contribution in [0.25, 0.3) is 0 Å². The molecule has 0 aromatic rings. The van der Waals surface area contributed by atoms with Crippen molar-refractivity contribution in [2.24, 2.45) is 0 Å². The Bertz CT molecular complexity index is 1070. The Hall–Kier alpha value is -0.760. The molecule has 0 aliphatic heterocycles. The molecule has 0 fully saturated rings. The van der Waals surface area contributed by atoms with Crippen LogP contribution < -0.4 is 0 Å². The molecule has 0 heterocycles. The third-order valence-corrected chi connectivity index (χ3v) is 4.25. The minimum Gasteiger partial charge on any atom is -0.741 e. The Morgan fingerprint density at radius 3 is 0.293 bits per heavy atom. The van der Waals surface area contributed by atoms with E-state index in [0.29, 0.717) is 0 Å². The molecule has 0 saturated heterocycles. The molecule has 0 unspecified atom stereocenters. The molecule has 0 N–H and O–H groups in total. The molecule has 36 heteroatoms. The molecule has 0 aromatic carbocycles. The Morgan fingerprint density at radius 1 is 0.268 bits per heavy atom. The quantitative estimate of drug-likeness (QED) is 0.179. The van der Waals surface area contributed by atoms with E-state index in [0.717, 1.165) is 0 Å². The molecule has 250 valence electrons. The van der Waals surface area contributed by atoms with Crippen molar-refractivity contribution in [1.82, 2.24) is 0 Å². The summed E-state index contributed by atoms with van der Waals surface area (Å²) in [6, 6.07) is 0. The van der Waals surface area contributed by atoms with E-state index in [-0.39, 0.29) is 22.4 Å². The average molecular weight is 926 g/mol. The van der Waals surface area contributed by atoms with E-state index in [9.17, 15) is 65.9 Å². The van der Waals surface area contributed by atoms with Crippen molar-refractivity contribution in [1.29, 1.82) is 0 Å². The SMILES string of the molecule is O=S(=O)([O-])C(F)(F)F.O=S(=O)([O-])C(F)(F)F.O=S(=O)([O-])C(F)(F)F.O=S(=O)([O-])C(F)(F)F.O=S(=O)([O-])C(F)(F)F.[Ta+5].